The van der Waals surface area contributed by atoms with Gasteiger partial charge in [-0.2, -0.15) is 0 Å². The van der Waals surface area contributed by atoms with Gasteiger partial charge in [0.1, 0.15) is 12.4 Å². The monoisotopic (exact) mass is 496 g/mol. The number of halogens is 1. The van der Waals surface area contributed by atoms with Crippen molar-refractivity contribution in [1.29, 1.82) is 0 Å². The molecule has 178 valence electrons. The highest BCUT2D eigenvalue weighted by atomic mass is 35.5. The Bertz CT molecular complexity index is 1070. The van der Waals surface area contributed by atoms with Gasteiger partial charge < -0.3 is 14.7 Å². The Kier molecular flexibility index (Phi) is 7.11. The largest absolute Gasteiger partial charge is 0.353 e. The number of fused-ring (bicyclic) bond motifs is 1. The van der Waals surface area contributed by atoms with Crippen molar-refractivity contribution in [3.63, 3.8) is 0 Å². The molecular weight excluding hydrogens is 468 g/mol. The van der Waals surface area contributed by atoms with E-state index in [1.165, 1.54) is 6.42 Å². The van der Waals surface area contributed by atoms with Crippen molar-refractivity contribution >= 4 is 47.1 Å². The van der Waals surface area contributed by atoms with Gasteiger partial charge >= 0.3 is 0 Å². The quantitative estimate of drug-likeness (QED) is 0.590. The summed E-state index contributed by atoms with van der Waals surface area (Å²) < 4.78 is 0. The van der Waals surface area contributed by atoms with E-state index < -0.39 is 0 Å². The van der Waals surface area contributed by atoms with Crippen LogP contribution in [0.2, 0.25) is 5.02 Å². The molecule has 2 aliphatic heterocycles. The standard InChI is InChI=1S/C26H29ClN4O2S/c27-20-7-5-6-19(16-20)17-23-26(33)31(21-8-1-2-9-22(21)34-23)18-25(32)30-14-12-29(13-15-30)24-10-3-4-11-28-24/h3-7,10-11,16-17,21-22H,1-2,8-9,12-15,18H2/b23-17+. The highest BCUT2D eigenvalue weighted by molar-refractivity contribution is 8.04. The summed E-state index contributed by atoms with van der Waals surface area (Å²) in [5.74, 6) is 0.944. The number of pyridine rings is 1. The number of hydrogen-bond acceptors (Lipinski definition) is 5. The second-order valence-corrected chi connectivity index (χ2v) is 10.8. The van der Waals surface area contributed by atoms with Crippen LogP contribution < -0.4 is 4.90 Å². The fourth-order valence-electron chi connectivity index (χ4n) is 5.08. The molecule has 3 heterocycles. The van der Waals surface area contributed by atoms with E-state index in [4.69, 9.17) is 11.6 Å². The zero-order valence-corrected chi connectivity index (χ0v) is 20.7. The number of piperazine rings is 1. The van der Waals surface area contributed by atoms with Gasteiger partial charge in [-0.15, -0.1) is 11.8 Å². The average Bonchev–Trinajstić information content (AvgIpc) is 2.87. The molecule has 0 spiro atoms. The third-order valence-corrected chi connectivity index (χ3v) is 8.51. The van der Waals surface area contributed by atoms with Crippen LogP contribution in [0.25, 0.3) is 6.08 Å². The Labute approximate surface area is 210 Å². The number of nitrogens with zero attached hydrogens (tertiary/aromatic N) is 4. The number of carbonyl (C=O) groups is 2. The molecule has 5 rings (SSSR count). The molecule has 1 aromatic carbocycles. The molecule has 2 aromatic rings. The fourth-order valence-corrected chi connectivity index (χ4v) is 6.75. The van der Waals surface area contributed by atoms with Crippen LogP contribution in [0, 0.1) is 0 Å². The lowest BCUT2D eigenvalue weighted by molar-refractivity contribution is -0.141. The number of carbonyl (C=O) groups excluding carboxylic acids is 2. The number of amides is 2. The number of thioether (sulfide) groups is 1. The molecule has 8 heteroatoms. The average molecular weight is 497 g/mol. The van der Waals surface area contributed by atoms with Crippen molar-refractivity contribution in [2.24, 2.45) is 0 Å². The van der Waals surface area contributed by atoms with Crippen molar-refractivity contribution in [1.82, 2.24) is 14.8 Å². The summed E-state index contributed by atoms with van der Waals surface area (Å²) in [5, 5.41) is 0.987. The highest BCUT2D eigenvalue weighted by Gasteiger charge is 2.41. The summed E-state index contributed by atoms with van der Waals surface area (Å²) in [5.41, 5.74) is 0.912. The van der Waals surface area contributed by atoms with Crippen molar-refractivity contribution < 1.29 is 9.59 Å². The summed E-state index contributed by atoms with van der Waals surface area (Å²) in [6.07, 6.45) is 8.03. The normalized spacial score (nSPS) is 24.3. The predicted octanol–water partition coefficient (Wildman–Crippen LogP) is 4.31. The summed E-state index contributed by atoms with van der Waals surface area (Å²) in [4.78, 5) is 37.9. The topological polar surface area (TPSA) is 56.8 Å². The van der Waals surface area contributed by atoms with Crippen LogP contribution in [0.15, 0.2) is 53.6 Å². The maximum Gasteiger partial charge on any atom is 0.261 e. The molecule has 3 fully saturated rings. The van der Waals surface area contributed by atoms with Crippen molar-refractivity contribution in [2.45, 2.75) is 37.0 Å². The Hall–Kier alpha value is -2.51. The summed E-state index contributed by atoms with van der Waals surface area (Å²) in [7, 11) is 0. The lowest BCUT2D eigenvalue weighted by Gasteiger charge is -2.45. The first-order chi connectivity index (χ1) is 16.6. The van der Waals surface area contributed by atoms with Crippen LogP contribution >= 0.6 is 23.4 Å². The number of benzene rings is 1. The molecule has 34 heavy (non-hydrogen) atoms. The first-order valence-corrected chi connectivity index (χ1v) is 13.2. The number of rotatable bonds is 4. The number of anilines is 1. The molecule has 2 atom stereocenters. The molecule has 6 nitrogen and oxygen atoms in total. The minimum atomic E-state index is -0.0337. The Morgan fingerprint density at radius 3 is 2.68 bits per heavy atom. The van der Waals surface area contributed by atoms with Crippen molar-refractivity contribution in [2.75, 3.05) is 37.6 Å². The van der Waals surface area contributed by atoms with E-state index in [0.717, 1.165) is 43.7 Å². The first kappa shape index (κ1) is 23.2. The molecule has 0 bridgehead atoms. The maximum absolute atomic E-state index is 13.5. The zero-order chi connectivity index (χ0) is 23.5. The molecule has 0 radical (unpaired) electrons. The van der Waals surface area contributed by atoms with Crippen LogP contribution in [-0.4, -0.2) is 70.6 Å². The van der Waals surface area contributed by atoms with E-state index in [1.807, 2.05) is 58.3 Å². The molecule has 1 aliphatic carbocycles. The Balaban J connectivity index is 1.29. The third-order valence-electron chi connectivity index (χ3n) is 6.88. The van der Waals surface area contributed by atoms with Gasteiger partial charge in [0.25, 0.3) is 5.91 Å². The SMILES string of the molecule is O=C(CN1C(=O)/C(=C\c2cccc(Cl)c2)SC2CCCCC21)N1CCN(c2ccccn2)CC1. The molecule has 2 amide bonds. The van der Waals surface area contributed by atoms with Crippen molar-refractivity contribution in [3.8, 4) is 0 Å². The highest BCUT2D eigenvalue weighted by Crippen LogP contribution is 2.42. The van der Waals surface area contributed by atoms with E-state index in [1.54, 1.807) is 18.0 Å². The molecule has 3 aliphatic rings. The van der Waals surface area contributed by atoms with Gasteiger partial charge in [-0.25, -0.2) is 4.98 Å². The van der Waals surface area contributed by atoms with Crippen LogP contribution in [0.4, 0.5) is 5.82 Å². The third kappa shape index (κ3) is 5.10. The van der Waals surface area contributed by atoms with E-state index >= 15 is 0 Å². The van der Waals surface area contributed by atoms with Crippen LogP contribution in [0.5, 0.6) is 0 Å². The lowest BCUT2D eigenvalue weighted by atomic mass is 9.93. The van der Waals surface area contributed by atoms with E-state index in [9.17, 15) is 9.59 Å². The Morgan fingerprint density at radius 2 is 1.91 bits per heavy atom. The molecule has 2 saturated heterocycles. The first-order valence-electron chi connectivity index (χ1n) is 12.0. The number of hydrogen-bond donors (Lipinski definition) is 0. The molecule has 1 aromatic heterocycles. The second-order valence-electron chi connectivity index (χ2n) is 9.06. The smallest absolute Gasteiger partial charge is 0.261 e. The summed E-state index contributed by atoms with van der Waals surface area (Å²) in [6.45, 7) is 2.94. The van der Waals surface area contributed by atoms with E-state index in [-0.39, 0.29) is 24.4 Å². The van der Waals surface area contributed by atoms with Crippen LogP contribution in [0.3, 0.4) is 0 Å². The predicted molar refractivity (Wildman–Crippen MR) is 138 cm³/mol. The number of aromatic nitrogens is 1. The van der Waals surface area contributed by atoms with E-state index in [2.05, 4.69) is 9.88 Å². The van der Waals surface area contributed by atoms with Gasteiger partial charge in [-0.05, 0) is 48.7 Å². The van der Waals surface area contributed by atoms with Gasteiger partial charge in [-0.1, -0.05) is 42.6 Å². The second kappa shape index (κ2) is 10.4. The van der Waals surface area contributed by atoms with Crippen LogP contribution in [-0.2, 0) is 9.59 Å². The molecule has 1 saturated carbocycles. The molecular formula is C26H29ClN4O2S. The van der Waals surface area contributed by atoms with E-state index in [0.29, 0.717) is 28.3 Å². The fraction of sp³-hybridized carbons (Fsp3) is 0.423. The molecule has 0 N–H and O–H groups in total. The zero-order valence-electron chi connectivity index (χ0n) is 19.1. The lowest BCUT2D eigenvalue weighted by Crippen LogP contribution is -2.57. The van der Waals surface area contributed by atoms with Gasteiger partial charge in [0, 0.05) is 48.7 Å². The van der Waals surface area contributed by atoms with Gasteiger partial charge in [0.2, 0.25) is 5.91 Å². The summed E-state index contributed by atoms with van der Waals surface area (Å²) in [6, 6.07) is 13.6. The minimum absolute atomic E-state index is 0.0337. The Morgan fingerprint density at radius 1 is 1.09 bits per heavy atom. The van der Waals surface area contributed by atoms with Crippen LogP contribution in [0.1, 0.15) is 31.2 Å². The molecule has 2 unspecified atom stereocenters. The summed E-state index contributed by atoms with van der Waals surface area (Å²) >= 11 is 7.83. The minimum Gasteiger partial charge on any atom is -0.353 e. The van der Waals surface area contributed by atoms with Gasteiger partial charge in [0.05, 0.1) is 4.91 Å². The van der Waals surface area contributed by atoms with Gasteiger partial charge in [-0.3, -0.25) is 9.59 Å². The van der Waals surface area contributed by atoms with Gasteiger partial charge in [0.15, 0.2) is 0 Å². The maximum atomic E-state index is 13.5. The van der Waals surface area contributed by atoms with Crippen molar-refractivity contribution in [3.05, 3.63) is 64.2 Å².